The first-order valence-electron chi connectivity index (χ1n) is 5.38. The number of nitrogens with one attached hydrogen (secondary N) is 3. The molecule has 0 aliphatic heterocycles. The summed E-state index contributed by atoms with van der Waals surface area (Å²) in [5, 5.41) is 9.69. The summed E-state index contributed by atoms with van der Waals surface area (Å²) in [5.41, 5.74) is 1.44. The van der Waals surface area contributed by atoms with Crippen LogP contribution in [0.1, 0.15) is 5.69 Å². The fraction of sp³-hybridized carbons (Fsp3) is 0.182. The maximum absolute atomic E-state index is 11.8. The predicted molar refractivity (Wildman–Crippen MR) is 68.6 cm³/mol. The lowest BCUT2D eigenvalue weighted by molar-refractivity contribution is 0.588. The van der Waals surface area contributed by atoms with Gasteiger partial charge in [-0.05, 0) is 25.2 Å². The molecule has 0 fully saturated rings. The van der Waals surface area contributed by atoms with Gasteiger partial charge in [-0.25, -0.2) is 13.1 Å². The number of rotatable bonds is 5. The molecule has 0 radical (unpaired) electrons. The van der Waals surface area contributed by atoms with Crippen LogP contribution in [-0.4, -0.2) is 25.7 Å². The third-order valence-electron chi connectivity index (χ3n) is 2.47. The van der Waals surface area contributed by atoms with E-state index in [-0.39, 0.29) is 4.90 Å². The molecule has 0 saturated carbocycles. The van der Waals surface area contributed by atoms with Crippen LogP contribution in [0.2, 0.25) is 0 Å². The molecule has 0 unspecified atom stereocenters. The molecule has 0 spiro atoms. The van der Waals surface area contributed by atoms with Crippen LogP contribution in [-0.2, 0) is 16.6 Å². The average molecular weight is 266 g/mol. The maximum atomic E-state index is 11.8. The smallest absolute Gasteiger partial charge is 0.242 e. The average Bonchev–Trinajstić information content (AvgIpc) is 2.90. The Morgan fingerprint density at radius 3 is 2.72 bits per heavy atom. The lowest BCUT2D eigenvalue weighted by atomic mass is 10.3. The number of hydrogen-bond acceptors (Lipinski definition) is 4. The SMILES string of the molecule is CNS(=O)(=O)c1ccccc1NCc1ccn[nH]1. The van der Waals surface area contributed by atoms with Crippen molar-refractivity contribution in [1.29, 1.82) is 0 Å². The molecule has 2 rings (SSSR count). The number of nitrogens with zero attached hydrogens (tertiary/aromatic N) is 1. The lowest BCUT2D eigenvalue weighted by Gasteiger charge is -2.11. The van der Waals surface area contributed by atoms with Gasteiger partial charge in [-0.2, -0.15) is 5.10 Å². The van der Waals surface area contributed by atoms with Gasteiger partial charge in [-0.1, -0.05) is 12.1 Å². The van der Waals surface area contributed by atoms with E-state index < -0.39 is 10.0 Å². The van der Waals surface area contributed by atoms with Gasteiger partial charge in [0, 0.05) is 6.20 Å². The van der Waals surface area contributed by atoms with Gasteiger partial charge < -0.3 is 5.32 Å². The topological polar surface area (TPSA) is 86.9 Å². The second-order valence-corrected chi connectivity index (χ2v) is 5.49. The summed E-state index contributed by atoms with van der Waals surface area (Å²) in [4.78, 5) is 0.229. The molecule has 0 bridgehead atoms. The number of H-pyrrole nitrogens is 1. The predicted octanol–water partition coefficient (Wildman–Crippen LogP) is 0.930. The Balaban J connectivity index is 2.23. The summed E-state index contributed by atoms with van der Waals surface area (Å²) < 4.78 is 25.9. The van der Waals surface area contributed by atoms with E-state index in [4.69, 9.17) is 0 Å². The van der Waals surface area contributed by atoms with Crippen molar-refractivity contribution in [2.75, 3.05) is 12.4 Å². The minimum atomic E-state index is -3.46. The molecule has 7 heteroatoms. The van der Waals surface area contributed by atoms with Gasteiger partial charge in [0.2, 0.25) is 10.0 Å². The molecule has 0 aliphatic carbocycles. The first kappa shape index (κ1) is 12.6. The minimum Gasteiger partial charge on any atom is -0.378 e. The molecule has 0 aliphatic rings. The van der Waals surface area contributed by atoms with E-state index in [9.17, 15) is 8.42 Å². The highest BCUT2D eigenvalue weighted by Gasteiger charge is 2.15. The highest BCUT2D eigenvalue weighted by atomic mass is 32.2. The third-order valence-corrected chi connectivity index (χ3v) is 3.95. The minimum absolute atomic E-state index is 0.229. The fourth-order valence-electron chi connectivity index (χ4n) is 1.53. The van der Waals surface area contributed by atoms with E-state index in [1.165, 1.54) is 7.05 Å². The largest absolute Gasteiger partial charge is 0.378 e. The molecule has 3 N–H and O–H groups in total. The van der Waals surface area contributed by atoms with Gasteiger partial charge in [0.15, 0.2) is 0 Å². The van der Waals surface area contributed by atoms with Gasteiger partial charge in [0.05, 0.1) is 17.9 Å². The summed E-state index contributed by atoms with van der Waals surface area (Å²) in [5.74, 6) is 0. The van der Waals surface area contributed by atoms with Crippen LogP contribution in [0, 0.1) is 0 Å². The fourth-order valence-corrected chi connectivity index (χ4v) is 2.44. The first-order valence-corrected chi connectivity index (χ1v) is 6.86. The summed E-state index contributed by atoms with van der Waals surface area (Å²) in [6.07, 6.45) is 1.65. The molecule has 1 heterocycles. The molecule has 6 nitrogen and oxygen atoms in total. The Morgan fingerprint density at radius 2 is 2.06 bits per heavy atom. The van der Waals surface area contributed by atoms with E-state index in [1.807, 2.05) is 6.07 Å². The zero-order valence-corrected chi connectivity index (χ0v) is 10.7. The van der Waals surface area contributed by atoms with Crippen LogP contribution in [0.15, 0.2) is 41.4 Å². The van der Waals surface area contributed by atoms with E-state index in [1.54, 1.807) is 30.5 Å². The van der Waals surface area contributed by atoms with Crippen molar-refractivity contribution in [3.8, 4) is 0 Å². The summed E-state index contributed by atoms with van der Waals surface area (Å²) in [6.45, 7) is 0.482. The lowest BCUT2D eigenvalue weighted by Crippen LogP contribution is -2.20. The van der Waals surface area contributed by atoms with Gasteiger partial charge in [-0.15, -0.1) is 0 Å². The van der Waals surface area contributed by atoms with Crippen molar-refractivity contribution in [2.45, 2.75) is 11.4 Å². The first-order chi connectivity index (χ1) is 8.63. The Bertz CT molecular complexity index is 608. The standard InChI is InChI=1S/C11H14N4O2S/c1-12-18(16,17)11-5-3-2-4-10(11)13-8-9-6-7-14-15-9/h2-7,12-13H,8H2,1H3,(H,14,15). The van der Waals surface area contributed by atoms with E-state index in [0.717, 1.165) is 5.69 Å². The highest BCUT2D eigenvalue weighted by Crippen LogP contribution is 2.20. The van der Waals surface area contributed by atoms with Crippen molar-refractivity contribution in [3.05, 3.63) is 42.2 Å². The zero-order chi connectivity index (χ0) is 13.0. The van der Waals surface area contributed by atoms with E-state index in [2.05, 4.69) is 20.2 Å². The van der Waals surface area contributed by atoms with Crippen molar-refractivity contribution >= 4 is 15.7 Å². The van der Waals surface area contributed by atoms with Crippen LogP contribution in [0.4, 0.5) is 5.69 Å². The highest BCUT2D eigenvalue weighted by molar-refractivity contribution is 7.89. The number of hydrogen-bond donors (Lipinski definition) is 3. The van der Waals surface area contributed by atoms with Gasteiger partial charge >= 0.3 is 0 Å². The van der Waals surface area contributed by atoms with Gasteiger partial charge in [-0.3, -0.25) is 5.10 Å². The van der Waals surface area contributed by atoms with Crippen molar-refractivity contribution in [1.82, 2.24) is 14.9 Å². The monoisotopic (exact) mass is 266 g/mol. The normalized spacial score (nSPS) is 11.4. The van der Waals surface area contributed by atoms with Crippen LogP contribution in [0.3, 0.4) is 0 Å². The zero-order valence-electron chi connectivity index (χ0n) is 9.84. The quantitative estimate of drug-likeness (QED) is 0.751. The summed E-state index contributed by atoms with van der Waals surface area (Å²) in [7, 11) is -2.07. The van der Waals surface area contributed by atoms with Crippen LogP contribution >= 0.6 is 0 Å². The number of aromatic nitrogens is 2. The second-order valence-electron chi connectivity index (χ2n) is 3.64. The number of anilines is 1. The molecule has 0 amide bonds. The molecule has 2 aromatic rings. The molecule has 0 saturated heterocycles. The molecule has 96 valence electrons. The van der Waals surface area contributed by atoms with E-state index in [0.29, 0.717) is 12.2 Å². The van der Waals surface area contributed by atoms with Crippen molar-refractivity contribution in [3.63, 3.8) is 0 Å². The van der Waals surface area contributed by atoms with Crippen LogP contribution in [0.25, 0.3) is 0 Å². The van der Waals surface area contributed by atoms with Gasteiger partial charge in [0.25, 0.3) is 0 Å². The Hall–Kier alpha value is -1.86. The molecule has 18 heavy (non-hydrogen) atoms. The van der Waals surface area contributed by atoms with Crippen LogP contribution in [0.5, 0.6) is 0 Å². The summed E-state index contributed by atoms with van der Waals surface area (Å²) in [6, 6.07) is 8.57. The molecule has 0 atom stereocenters. The number of aromatic amines is 1. The third kappa shape index (κ3) is 2.69. The maximum Gasteiger partial charge on any atom is 0.242 e. The molecular weight excluding hydrogens is 252 g/mol. The number of para-hydroxylation sites is 1. The number of benzene rings is 1. The Kier molecular flexibility index (Phi) is 3.63. The second kappa shape index (κ2) is 5.19. The van der Waals surface area contributed by atoms with Crippen LogP contribution < -0.4 is 10.0 Å². The number of sulfonamides is 1. The van der Waals surface area contributed by atoms with Gasteiger partial charge in [0.1, 0.15) is 4.90 Å². The van der Waals surface area contributed by atoms with E-state index >= 15 is 0 Å². The molecule has 1 aromatic heterocycles. The molecule has 1 aromatic carbocycles. The molecular formula is C11H14N4O2S. The Morgan fingerprint density at radius 1 is 1.28 bits per heavy atom. The Labute approximate surface area is 105 Å². The summed E-state index contributed by atoms with van der Waals surface area (Å²) >= 11 is 0. The van der Waals surface area contributed by atoms with Crippen molar-refractivity contribution in [2.24, 2.45) is 0 Å². The van der Waals surface area contributed by atoms with Crippen molar-refractivity contribution < 1.29 is 8.42 Å².